The number of thiazole rings is 1. The third-order valence-electron chi connectivity index (χ3n) is 1.90. The average molecular weight is 238 g/mol. The van der Waals surface area contributed by atoms with Gasteiger partial charge in [0.05, 0.1) is 5.01 Å². The van der Waals surface area contributed by atoms with Crippen LogP contribution in [-0.4, -0.2) is 32.8 Å². The van der Waals surface area contributed by atoms with Gasteiger partial charge in [0.25, 0.3) is 5.91 Å². The number of nitrogen functional groups attached to an aromatic ring is 1. The highest BCUT2D eigenvalue weighted by molar-refractivity contribution is 7.09. The van der Waals surface area contributed by atoms with Gasteiger partial charge in [-0.2, -0.15) is 5.21 Å². The second-order valence-corrected chi connectivity index (χ2v) is 3.97. The molecule has 8 heteroatoms. The summed E-state index contributed by atoms with van der Waals surface area (Å²) < 4.78 is 0. The van der Waals surface area contributed by atoms with Gasteiger partial charge in [-0.1, -0.05) is 0 Å². The molecule has 0 radical (unpaired) electrons. The predicted molar refractivity (Wildman–Crippen MR) is 58.9 cm³/mol. The zero-order valence-electron chi connectivity index (χ0n) is 8.30. The number of nitrogens with zero attached hydrogens (tertiary/aromatic N) is 3. The number of carbonyl (C=O) groups is 1. The number of nitrogens with one attached hydrogen (secondary N) is 2. The highest BCUT2D eigenvalue weighted by atomic mass is 32.1. The molecule has 2 rings (SSSR count). The summed E-state index contributed by atoms with van der Waals surface area (Å²) in [6, 6.07) is 0. The Balaban J connectivity index is 1.83. The molecular formula is C8H10N6OS. The summed E-state index contributed by atoms with van der Waals surface area (Å²) in [5.74, 6) is -0.227. The maximum atomic E-state index is 11.5. The number of nitrogens with two attached hydrogens (primary N) is 1. The molecule has 84 valence electrons. The Labute approximate surface area is 95.1 Å². The first kappa shape index (κ1) is 10.6. The van der Waals surface area contributed by atoms with Crippen molar-refractivity contribution in [1.29, 1.82) is 0 Å². The molecule has 0 atom stereocenters. The van der Waals surface area contributed by atoms with Gasteiger partial charge in [-0.05, 0) is 0 Å². The van der Waals surface area contributed by atoms with Crippen molar-refractivity contribution in [3.05, 3.63) is 22.3 Å². The van der Waals surface area contributed by atoms with Gasteiger partial charge >= 0.3 is 0 Å². The molecule has 2 aromatic heterocycles. The van der Waals surface area contributed by atoms with Crippen LogP contribution in [0.2, 0.25) is 0 Å². The van der Waals surface area contributed by atoms with Crippen molar-refractivity contribution in [2.24, 2.45) is 0 Å². The van der Waals surface area contributed by atoms with Crippen molar-refractivity contribution in [1.82, 2.24) is 25.7 Å². The first-order valence-electron chi connectivity index (χ1n) is 4.60. The Morgan fingerprint density at radius 3 is 3.06 bits per heavy atom. The van der Waals surface area contributed by atoms with Gasteiger partial charge in [0, 0.05) is 24.5 Å². The normalized spacial score (nSPS) is 10.2. The van der Waals surface area contributed by atoms with Crippen LogP contribution in [-0.2, 0) is 6.42 Å². The second-order valence-electron chi connectivity index (χ2n) is 2.99. The summed E-state index contributed by atoms with van der Waals surface area (Å²) in [5, 5.41) is 15.1. The summed E-state index contributed by atoms with van der Waals surface area (Å²) >= 11 is 1.55. The van der Waals surface area contributed by atoms with Crippen LogP contribution in [0.1, 0.15) is 15.5 Å². The fourth-order valence-electron chi connectivity index (χ4n) is 1.15. The first-order chi connectivity index (χ1) is 7.77. The summed E-state index contributed by atoms with van der Waals surface area (Å²) in [7, 11) is 0. The molecule has 0 unspecified atom stereocenters. The molecule has 4 N–H and O–H groups in total. The van der Waals surface area contributed by atoms with Crippen LogP contribution >= 0.6 is 11.3 Å². The van der Waals surface area contributed by atoms with Gasteiger partial charge in [-0.3, -0.25) is 4.79 Å². The molecule has 2 aromatic rings. The monoisotopic (exact) mass is 238 g/mol. The number of aromatic nitrogens is 4. The summed E-state index contributed by atoms with van der Waals surface area (Å²) in [4.78, 5) is 15.6. The van der Waals surface area contributed by atoms with E-state index in [-0.39, 0.29) is 17.4 Å². The summed E-state index contributed by atoms with van der Waals surface area (Å²) in [6.07, 6.45) is 2.43. The number of anilines is 1. The SMILES string of the molecule is Nc1n[nH]nc1C(=O)NCCc1nccs1. The van der Waals surface area contributed by atoms with Crippen LogP contribution in [0.5, 0.6) is 0 Å². The fourth-order valence-corrected chi connectivity index (χ4v) is 1.77. The third-order valence-corrected chi connectivity index (χ3v) is 2.74. The minimum Gasteiger partial charge on any atom is -0.380 e. The molecule has 0 aliphatic carbocycles. The summed E-state index contributed by atoms with van der Waals surface area (Å²) in [6.45, 7) is 0.499. The molecule has 0 bridgehead atoms. The lowest BCUT2D eigenvalue weighted by atomic mass is 10.4. The molecule has 0 aromatic carbocycles. The van der Waals surface area contributed by atoms with Gasteiger partial charge in [-0.25, -0.2) is 4.98 Å². The molecule has 0 saturated heterocycles. The predicted octanol–water partition coefficient (Wildman–Crippen LogP) is -0.184. The lowest BCUT2D eigenvalue weighted by Crippen LogP contribution is -2.26. The highest BCUT2D eigenvalue weighted by Gasteiger charge is 2.13. The van der Waals surface area contributed by atoms with Gasteiger partial charge in [0.1, 0.15) is 0 Å². The van der Waals surface area contributed by atoms with Crippen molar-refractivity contribution >= 4 is 23.1 Å². The van der Waals surface area contributed by atoms with E-state index in [1.807, 2.05) is 5.38 Å². The minimum atomic E-state index is -0.331. The molecule has 1 amide bonds. The Bertz CT molecular complexity index is 465. The van der Waals surface area contributed by atoms with Crippen molar-refractivity contribution in [2.75, 3.05) is 12.3 Å². The van der Waals surface area contributed by atoms with E-state index in [9.17, 15) is 4.79 Å². The Hall–Kier alpha value is -1.96. The molecule has 0 aliphatic rings. The molecule has 16 heavy (non-hydrogen) atoms. The largest absolute Gasteiger partial charge is 0.380 e. The lowest BCUT2D eigenvalue weighted by Gasteiger charge is -2.00. The van der Waals surface area contributed by atoms with E-state index in [4.69, 9.17) is 5.73 Å². The van der Waals surface area contributed by atoms with Gasteiger partial charge in [-0.15, -0.1) is 21.5 Å². The molecule has 0 fully saturated rings. The molecule has 7 nitrogen and oxygen atoms in total. The van der Waals surface area contributed by atoms with E-state index >= 15 is 0 Å². The van der Waals surface area contributed by atoms with E-state index in [1.54, 1.807) is 17.5 Å². The van der Waals surface area contributed by atoms with Crippen LogP contribution in [0, 0.1) is 0 Å². The van der Waals surface area contributed by atoms with Gasteiger partial charge in [0.15, 0.2) is 11.5 Å². The van der Waals surface area contributed by atoms with Crippen molar-refractivity contribution in [3.8, 4) is 0 Å². The summed E-state index contributed by atoms with van der Waals surface area (Å²) in [5.41, 5.74) is 5.56. The van der Waals surface area contributed by atoms with Crippen LogP contribution in [0.3, 0.4) is 0 Å². The molecule has 0 saturated carbocycles. The molecule has 0 aliphatic heterocycles. The Morgan fingerprint density at radius 1 is 1.56 bits per heavy atom. The Morgan fingerprint density at radius 2 is 2.44 bits per heavy atom. The number of hydrogen-bond acceptors (Lipinski definition) is 6. The van der Waals surface area contributed by atoms with Crippen LogP contribution in [0.4, 0.5) is 5.82 Å². The quantitative estimate of drug-likeness (QED) is 0.684. The maximum absolute atomic E-state index is 11.5. The molecular weight excluding hydrogens is 228 g/mol. The number of rotatable bonds is 4. The lowest BCUT2D eigenvalue weighted by molar-refractivity contribution is 0.0950. The number of amides is 1. The van der Waals surface area contributed by atoms with Crippen molar-refractivity contribution in [3.63, 3.8) is 0 Å². The number of hydrogen-bond donors (Lipinski definition) is 3. The third kappa shape index (κ3) is 2.34. The minimum absolute atomic E-state index is 0.103. The topological polar surface area (TPSA) is 110 Å². The fraction of sp³-hybridized carbons (Fsp3) is 0.250. The number of aromatic amines is 1. The van der Waals surface area contributed by atoms with E-state index in [1.165, 1.54) is 0 Å². The standard InChI is InChI=1S/C8H10N6OS/c9-7-6(12-14-13-7)8(15)11-2-1-5-10-3-4-16-5/h3-4H,1-2H2,(H,11,15)(H3,9,12,13,14). The second kappa shape index (κ2) is 4.71. The zero-order valence-corrected chi connectivity index (χ0v) is 9.12. The molecule has 0 spiro atoms. The van der Waals surface area contributed by atoms with Crippen LogP contribution < -0.4 is 11.1 Å². The van der Waals surface area contributed by atoms with Crippen LogP contribution in [0.15, 0.2) is 11.6 Å². The van der Waals surface area contributed by atoms with Crippen molar-refractivity contribution in [2.45, 2.75) is 6.42 Å². The van der Waals surface area contributed by atoms with E-state index < -0.39 is 0 Å². The smallest absolute Gasteiger partial charge is 0.275 e. The van der Waals surface area contributed by atoms with E-state index in [0.717, 1.165) is 5.01 Å². The first-order valence-corrected chi connectivity index (χ1v) is 5.48. The number of H-pyrrole nitrogens is 1. The maximum Gasteiger partial charge on any atom is 0.275 e. The van der Waals surface area contributed by atoms with Gasteiger partial charge < -0.3 is 11.1 Å². The average Bonchev–Trinajstić information content (AvgIpc) is 2.88. The van der Waals surface area contributed by atoms with Crippen molar-refractivity contribution < 1.29 is 4.79 Å². The molecule has 2 heterocycles. The van der Waals surface area contributed by atoms with E-state index in [0.29, 0.717) is 13.0 Å². The number of carbonyl (C=O) groups excluding carboxylic acids is 1. The van der Waals surface area contributed by atoms with E-state index in [2.05, 4.69) is 25.7 Å². The Kier molecular flexibility index (Phi) is 3.10. The van der Waals surface area contributed by atoms with Gasteiger partial charge in [0.2, 0.25) is 0 Å². The zero-order chi connectivity index (χ0) is 11.4. The highest BCUT2D eigenvalue weighted by Crippen LogP contribution is 2.04. The van der Waals surface area contributed by atoms with Crippen LogP contribution in [0.25, 0.3) is 0 Å².